The smallest absolute Gasteiger partial charge is 0.320 e. The summed E-state index contributed by atoms with van der Waals surface area (Å²) in [6.45, 7) is 3.43. The minimum absolute atomic E-state index is 0.210. The van der Waals surface area contributed by atoms with Crippen LogP contribution in [0.2, 0.25) is 0 Å². The molecular formula is C17H27N7O5. The predicted molar refractivity (Wildman–Crippen MR) is 103 cm³/mol. The van der Waals surface area contributed by atoms with Gasteiger partial charge in [-0.1, -0.05) is 6.92 Å². The summed E-state index contributed by atoms with van der Waals surface area (Å²) in [7, 11) is 0. The summed E-state index contributed by atoms with van der Waals surface area (Å²) in [5, 5.41) is 30.0. The van der Waals surface area contributed by atoms with Gasteiger partial charge in [0, 0.05) is 13.1 Å². The van der Waals surface area contributed by atoms with Gasteiger partial charge in [-0.25, -0.2) is 15.0 Å². The van der Waals surface area contributed by atoms with Gasteiger partial charge in [0.25, 0.3) is 0 Å². The van der Waals surface area contributed by atoms with Gasteiger partial charge in [-0.05, 0) is 19.4 Å². The van der Waals surface area contributed by atoms with Crippen molar-refractivity contribution >= 4 is 23.0 Å². The molecule has 0 aromatic carbocycles. The maximum atomic E-state index is 10.9. The molecule has 1 aliphatic rings. The van der Waals surface area contributed by atoms with E-state index >= 15 is 0 Å². The van der Waals surface area contributed by atoms with Gasteiger partial charge >= 0.3 is 5.97 Å². The molecule has 12 heteroatoms. The van der Waals surface area contributed by atoms with E-state index in [1.54, 1.807) is 0 Å². The number of rotatable bonds is 9. The molecule has 160 valence electrons. The SMILES string of the molecule is CCCN(CC[C@H](N)C(=O)O)C[C@@H]1O[C@H](n2cnc3c(N)ncnc32)[C@@H](O)[C@H]1O. The third kappa shape index (κ3) is 4.46. The number of nitrogens with zero attached hydrogens (tertiary/aromatic N) is 5. The van der Waals surface area contributed by atoms with E-state index < -0.39 is 36.6 Å². The van der Waals surface area contributed by atoms with Crippen molar-refractivity contribution in [2.45, 2.75) is 50.3 Å². The standard InChI is InChI=1S/C17H27N7O5/c1-2-4-23(5-3-9(18)17(27)28)6-10-12(25)13(26)16(29-10)24-8-22-11-14(19)20-7-21-15(11)24/h7-10,12-13,16,25-26H,2-6,18H2,1H3,(H,27,28)(H2,19,20,21)/t9-,10-,12-,13-,16-/m0/s1. The van der Waals surface area contributed by atoms with E-state index in [0.717, 1.165) is 6.42 Å². The number of hydrogen-bond acceptors (Lipinski definition) is 10. The Morgan fingerprint density at radius 1 is 1.31 bits per heavy atom. The lowest BCUT2D eigenvalue weighted by atomic mass is 10.1. The Kier molecular flexibility index (Phi) is 6.59. The fraction of sp³-hybridized carbons (Fsp3) is 0.647. The van der Waals surface area contributed by atoms with Crippen LogP contribution in [0.3, 0.4) is 0 Å². The van der Waals surface area contributed by atoms with E-state index in [-0.39, 0.29) is 12.2 Å². The van der Waals surface area contributed by atoms with Gasteiger partial charge in [0.1, 0.15) is 36.2 Å². The number of ether oxygens (including phenoxy) is 1. The molecule has 12 nitrogen and oxygen atoms in total. The number of nitrogen functional groups attached to an aromatic ring is 1. The minimum Gasteiger partial charge on any atom is -0.480 e. The van der Waals surface area contributed by atoms with Crippen LogP contribution in [0.5, 0.6) is 0 Å². The summed E-state index contributed by atoms with van der Waals surface area (Å²) in [5.74, 6) is -0.843. The third-order valence-corrected chi connectivity index (χ3v) is 5.05. The first kappa shape index (κ1) is 21.3. The zero-order chi connectivity index (χ0) is 21.1. The molecule has 0 amide bonds. The molecule has 7 N–H and O–H groups in total. The van der Waals surface area contributed by atoms with Crippen molar-refractivity contribution in [3.8, 4) is 0 Å². The molecule has 3 rings (SSSR count). The normalized spacial score (nSPS) is 25.7. The average molecular weight is 409 g/mol. The van der Waals surface area contributed by atoms with Crippen molar-refractivity contribution < 1.29 is 24.9 Å². The molecule has 1 aliphatic heterocycles. The van der Waals surface area contributed by atoms with Gasteiger partial charge in [-0.3, -0.25) is 9.36 Å². The van der Waals surface area contributed by atoms with Crippen molar-refractivity contribution in [1.29, 1.82) is 0 Å². The summed E-state index contributed by atoms with van der Waals surface area (Å²) < 4.78 is 7.46. The highest BCUT2D eigenvalue weighted by Crippen LogP contribution is 2.32. The van der Waals surface area contributed by atoms with Crippen LogP contribution in [0.25, 0.3) is 11.2 Å². The Morgan fingerprint density at radius 3 is 2.76 bits per heavy atom. The van der Waals surface area contributed by atoms with Crippen LogP contribution >= 0.6 is 0 Å². The van der Waals surface area contributed by atoms with Crippen LogP contribution in [-0.4, -0.2) is 89.7 Å². The molecule has 2 aromatic heterocycles. The molecule has 0 spiro atoms. The number of aliphatic hydroxyl groups excluding tert-OH is 2. The van der Waals surface area contributed by atoms with Crippen molar-refractivity contribution in [3.05, 3.63) is 12.7 Å². The highest BCUT2D eigenvalue weighted by molar-refractivity contribution is 5.81. The Labute approximate surface area is 167 Å². The van der Waals surface area contributed by atoms with E-state index in [1.807, 2.05) is 11.8 Å². The number of imidazole rings is 1. The first-order valence-electron chi connectivity index (χ1n) is 9.48. The Morgan fingerprint density at radius 2 is 2.07 bits per heavy atom. The topological polar surface area (TPSA) is 186 Å². The van der Waals surface area contributed by atoms with E-state index in [0.29, 0.717) is 30.8 Å². The molecular weight excluding hydrogens is 382 g/mol. The molecule has 0 radical (unpaired) electrons. The van der Waals surface area contributed by atoms with Gasteiger partial charge < -0.3 is 36.4 Å². The number of aliphatic carboxylic acids is 1. The second kappa shape index (κ2) is 8.97. The Balaban J connectivity index is 1.72. The molecule has 2 aromatic rings. The van der Waals surface area contributed by atoms with Crippen LogP contribution in [0, 0.1) is 0 Å². The number of fused-ring (bicyclic) bond motifs is 1. The summed E-state index contributed by atoms with van der Waals surface area (Å²) in [6.07, 6.45) is -0.0686. The zero-order valence-electron chi connectivity index (χ0n) is 16.1. The number of hydrogen-bond donors (Lipinski definition) is 5. The monoisotopic (exact) mass is 409 g/mol. The van der Waals surface area contributed by atoms with Crippen molar-refractivity contribution in [2.24, 2.45) is 5.73 Å². The van der Waals surface area contributed by atoms with Crippen molar-refractivity contribution in [2.75, 3.05) is 25.4 Å². The Bertz CT molecular complexity index is 847. The molecule has 0 unspecified atom stereocenters. The van der Waals surface area contributed by atoms with E-state index in [1.165, 1.54) is 17.2 Å². The molecule has 0 bridgehead atoms. The number of aliphatic hydroxyl groups is 2. The average Bonchev–Trinajstić information content (AvgIpc) is 3.23. The second-order valence-corrected chi connectivity index (χ2v) is 7.16. The fourth-order valence-electron chi connectivity index (χ4n) is 3.48. The van der Waals surface area contributed by atoms with Gasteiger partial charge in [0.2, 0.25) is 0 Å². The maximum absolute atomic E-state index is 10.9. The van der Waals surface area contributed by atoms with Crippen LogP contribution in [-0.2, 0) is 9.53 Å². The van der Waals surface area contributed by atoms with Crippen LogP contribution in [0.1, 0.15) is 26.0 Å². The van der Waals surface area contributed by atoms with Crippen LogP contribution in [0.4, 0.5) is 5.82 Å². The van der Waals surface area contributed by atoms with E-state index in [9.17, 15) is 15.0 Å². The molecule has 3 heterocycles. The van der Waals surface area contributed by atoms with Gasteiger partial charge in [0.05, 0.1) is 6.33 Å². The van der Waals surface area contributed by atoms with Crippen molar-refractivity contribution in [3.63, 3.8) is 0 Å². The molecule has 0 saturated carbocycles. The highest BCUT2D eigenvalue weighted by Gasteiger charge is 2.44. The number of nitrogens with two attached hydrogens (primary N) is 2. The third-order valence-electron chi connectivity index (χ3n) is 5.05. The molecule has 1 saturated heterocycles. The number of carboxylic acids is 1. The first-order chi connectivity index (χ1) is 13.8. The number of carbonyl (C=O) groups is 1. The number of aromatic nitrogens is 4. The lowest BCUT2D eigenvalue weighted by Crippen LogP contribution is -2.42. The fourth-order valence-corrected chi connectivity index (χ4v) is 3.48. The zero-order valence-corrected chi connectivity index (χ0v) is 16.1. The maximum Gasteiger partial charge on any atom is 0.320 e. The second-order valence-electron chi connectivity index (χ2n) is 7.16. The Hall–Kier alpha value is -2.38. The minimum atomic E-state index is -1.20. The largest absolute Gasteiger partial charge is 0.480 e. The van der Waals surface area contributed by atoms with E-state index in [4.69, 9.17) is 21.3 Å². The predicted octanol–water partition coefficient (Wildman–Crippen LogP) is -1.46. The van der Waals surface area contributed by atoms with Crippen molar-refractivity contribution in [1.82, 2.24) is 24.4 Å². The summed E-state index contributed by atoms with van der Waals surface area (Å²) in [6, 6.07) is -0.954. The number of carboxylic acid groups (broad SMARTS) is 1. The molecule has 1 fully saturated rings. The van der Waals surface area contributed by atoms with Crippen LogP contribution in [0.15, 0.2) is 12.7 Å². The lowest BCUT2D eigenvalue weighted by Gasteiger charge is -2.26. The summed E-state index contributed by atoms with van der Waals surface area (Å²) in [4.78, 5) is 25.1. The summed E-state index contributed by atoms with van der Waals surface area (Å²) >= 11 is 0. The molecule has 0 aliphatic carbocycles. The van der Waals surface area contributed by atoms with Gasteiger partial charge in [0.15, 0.2) is 17.7 Å². The number of anilines is 1. The highest BCUT2D eigenvalue weighted by atomic mass is 16.6. The molecule has 5 atom stereocenters. The van der Waals surface area contributed by atoms with Gasteiger partial charge in [-0.2, -0.15) is 0 Å². The summed E-state index contributed by atoms with van der Waals surface area (Å²) in [5.41, 5.74) is 12.2. The lowest BCUT2D eigenvalue weighted by molar-refractivity contribution is -0.138. The molecule has 29 heavy (non-hydrogen) atoms. The quantitative estimate of drug-likeness (QED) is 0.326. The van der Waals surface area contributed by atoms with Crippen LogP contribution < -0.4 is 11.5 Å². The first-order valence-corrected chi connectivity index (χ1v) is 9.48. The van der Waals surface area contributed by atoms with E-state index in [2.05, 4.69) is 15.0 Å². The van der Waals surface area contributed by atoms with Gasteiger partial charge in [-0.15, -0.1) is 0 Å².